The molecule has 3 aromatic rings. The number of Topliss-reactive ketones (excluding diaryl/α,β-unsaturated/α-hetero) is 2. The third kappa shape index (κ3) is 3.52. The fourth-order valence-electron chi connectivity index (χ4n) is 4.40. The van der Waals surface area contributed by atoms with Gasteiger partial charge in [-0.25, -0.2) is 4.79 Å². The summed E-state index contributed by atoms with van der Waals surface area (Å²) in [5.74, 6) is -3.28. The summed E-state index contributed by atoms with van der Waals surface area (Å²) in [6.45, 7) is 0. The van der Waals surface area contributed by atoms with Crippen molar-refractivity contribution in [2.45, 2.75) is 5.54 Å². The Morgan fingerprint density at radius 2 is 1.21 bits per heavy atom. The average Bonchev–Trinajstić information content (AvgIpc) is 3.02. The molecule has 1 fully saturated rings. The van der Waals surface area contributed by atoms with E-state index < -0.39 is 35.0 Å². The van der Waals surface area contributed by atoms with Gasteiger partial charge in [-0.15, -0.1) is 0 Å². The fraction of sp³-hybridized carbons (Fsp3) is 0.154. The van der Waals surface area contributed by atoms with Gasteiger partial charge in [0.1, 0.15) is 5.92 Å². The lowest BCUT2D eigenvalue weighted by Gasteiger charge is -2.38. The van der Waals surface area contributed by atoms with Gasteiger partial charge in [-0.1, -0.05) is 84.4 Å². The summed E-state index contributed by atoms with van der Waals surface area (Å²) in [5.41, 5.74) is -1.02. The molecule has 1 unspecified atom stereocenters. The lowest BCUT2D eigenvalue weighted by molar-refractivity contribution is -0.134. The van der Waals surface area contributed by atoms with Crippen molar-refractivity contribution >= 4 is 35.1 Å². The Morgan fingerprint density at radius 3 is 1.61 bits per heavy atom. The Morgan fingerprint density at radius 1 is 0.758 bits per heavy atom. The van der Waals surface area contributed by atoms with E-state index in [0.717, 1.165) is 4.90 Å². The summed E-state index contributed by atoms with van der Waals surface area (Å²) < 4.78 is 0. The summed E-state index contributed by atoms with van der Waals surface area (Å²) in [5, 5.41) is 0.419. The molecule has 1 aliphatic rings. The topological polar surface area (TPSA) is 74.8 Å². The first-order valence-electron chi connectivity index (χ1n) is 10.3. The number of likely N-dealkylation sites (N-methyl/N-ethyl adjacent to an activating group) is 2. The minimum absolute atomic E-state index is 0.267. The predicted octanol–water partition coefficient (Wildman–Crippen LogP) is 4.44. The number of nitrogens with zero attached hydrogens (tertiary/aromatic N) is 2. The minimum atomic E-state index is -1.88. The van der Waals surface area contributed by atoms with Gasteiger partial charge in [0.15, 0.2) is 17.1 Å². The molecular formula is C26H21ClN2O4. The van der Waals surface area contributed by atoms with E-state index in [-0.39, 0.29) is 11.1 Å². The van der Waals surface area contributed by atoms with Crippen molar-refractivity contribution in [3.8, 4) is 0 Å². The van der Waals surface area contributed by atoms with E-state index in [1.165, 1.54) is 19.0 Å². The Labute approximate surface area is 196 Å². The fourth-order valence-corrected chi connectivity index (χ4v) is 4.53. The number of imide groups is 1. The molecular weight excluding hydrogens is 440 g/mol. The lowest BCUT2D eigenvalue weighted by Crippen LogP contribution is -2.56. The van der Waals surface area contributed by atoms with E-state index in [1.807, 2.05) is 0 Å². The molecule has 3 amide bonds. The van der Waals surface area contributed by atoms with Crippen molar-refractivity contribution in [3.05, 3.63) is 107 Å². The second-order valence-corrected chi connectivity index (χ2v) is 8.31. The van der Waals surface area contributed by atoms with Gasteiger partial charge >= 0.3 is 6.03 Å². The first-order chi connectivity index (χ1) is 15.8. The molecule has 0 bridgehead atoms. The molecule has 1 atom stereocenters. The lowest BCUT2D eigenvalue weighted by atomic mass is 9.70. The number of ketones is 2. The van der Waals surface area contributed by atoms with Crippen LogP contribution in [-0.4, -0.2) is 47.4 Å². The van der Waals surface area contributed by atoms with Gasteiger partial charge in [-0.05, 0) is 17.7 Å². The highest BCUT2D eigenvalue weighted by Crippen LogP contribution is 2.45. The number of benzene rings is 3. The molecule has 0 saturated carbocycles. The third-order valence-corrected chi connectivity index (χ3v) is 6.33. The van der Waals surface area contributed by atoms with E-state index in [9.17, 15) is 19.2 Å². The molecule has 3 aromatic carbocycles. The number of urea groups is 1. The monoisotopic (exact) mass is 460 g/mol. The highest BCUT2D eigenvalue weighted by molar-refractivity contribution is 6.30. The predicted molar refractivity (Wildman–Crippen MR) is 124 cm³/mol. The summed E-state index contributed by atoms with van der Waals surface area (Å²) in [4.78, 5) is 56.8. The SMILES string of the molecule is CN1C(=O)N(C)C(c2ccc(Cl)cc2)(C(C(=O)c2ccccc2)C(=O)c2ccccc2)C1=O. The van der Waals surface area contributed by atoms with E-state index in [0.29, 0.717) is 10.6 Å². The largest absolute Gasteiger partial charge is 0.327 e. The van der Waals surface area contributed by atoms with Crippen molar-refractivity contribution < 1.29 is 19.2 Å². The van der Waals surface area contributed by atoms with E-state index in [4.69, 9.17) is 11.6 Å². The molecule has 0 spiro atoms. The molecule has 1 saturated heterocycles. The Balaban J connectivity index is 2.03. The maximum atomic E-state index is 13.9. The van der Waals surface area contributed by atoms with Crippen LogP contribution in [0.1, 0.15) is 26.3 Å². The molecule has 1 aliphatic heterocycles. The molecule has 6 nitrogen and oxygen atoms in total. The number of hydrogen-bond acceptors (Lipinski definition) is 4. The molecule has 0 aliphatic carbocycles. The Hall–Kier alpha value is -3.77. The van der Waals surface area contributed by atoms with Crippen LogP contribution in [0.4, 0.5) is 4.79 Å². The Bertz CT molecular complexity index is 1180. The van der Waals surface area contributed by atoms with Crippen LogP contribution in [0.2, 0.25) is 5.02 Å². The molecule has 1 heterocycles. The number of carbonyl (C=O) groups excluding carboxylic acids is 4. The van der Waals surface area contributed by atoms with Gasteiger partial charge in [0.25, 0.3) is 5.91 Å². The third-order valence-electron chi connectivity index (χ3n) is 6.08. The first kappa shape index (κ1) is 22.4. The molecule has 7 heteroatoms. The molecule has 0 aromatic heterocycles. The molecule has 0 N–H and O–H groups in total. The quantitative estimate of drug-likeness (QED) is 0.309. The van der Waals surface area contributed by atoms with Gasteiger partial charge in [0.2, 0.25) is 0 Å². The van der Waals surface area contributed by atoms with Crippen molar-refractivity contribution in [1.29, 1.82) is 0 Å². The molecule has 33 heavy (non-hydrogen) atoms. The average molecular weight is 461 g/mol. The van der Waals surface area contributed by atoms with Crippen molar-refractivity contribution in [2.75, 3.05) is 14.1 Å². The van der Waals surface area contributed by atoms with Crippen molar-refractivity contribution in [2.24, 2.45) is 5.92 Å². The van der Waals surface area contributed by atoms with Gasteiger partial charge in [0.05, 0.1) is 0 Å². The summed E-state index contributed by atoms with van der Waals surface area (Å²) >= 11 is 6.08. The standard InChI is InChI=1S/C26H21ClN2O4/c1-28-24(32)26(29(2)25(28)33,19-13-15-20(27)16-14-19)21(22(30)17-9-5-3-6-10-17)23(31)18-11-7-4-8-12-18/h3-16,21H,1-2H3. The number of amides is 3. The van der Waals surface area contributed by atoms with Crippen LogP contribution in [0.15, 0.2) is 84.9 Å². The number of carbonyl (C=O) groups is 4. The van der Waals surface area contributed by atoms with Crippen LogP contribution in [0.3, 0.4) is 0 Å². The highest BCUT2D eigenvalue weighted by Gasteiger charge is 2.64. The van der Waals surface area contributed by atoms with Gasteiger partial charge < -0.3 is 4.90 Å². The first-order valence-corrected chi connectivity index (χ1v) is 10.7. The van der Waals surface area contributed by atoms with Crippen LogP contribution < -0.4 is 0 Å². The van der Waals surface area contributed by atoms with Gasteiger partial charge in [-0.3, -0.25) is 19.3 Å². The van der Waals surface area contributed by atoms with Crippen LogP contribution in [0, 0.1) is 5.92 Å². The number of halogens is 1. The van der Waals surface area contributed by atoms with E-state index in [1.54, 1.807) is 84.9 Å². The van der Waals surface area contributed by atoms with Crippen molar-refractivity contribution in [3.63, 3.8) is 0 Å². The summed E-state index contributed by atoms with van der Waals surface area (Å²) in [6, 6.07) is 22.3. The maximum Gasteiger partial charge on any atom is 0.327 e. The molecule has 166 valence electrons. The normalized spacial score (nSPS) is 18.2. The van der Waals surface area contributed by atoms with Crippen LogP contribution in [-0.2, 0) is 10.3 Å². The van der Waals surface area contributed by atoms with E-state index in [2.05, 4.69) is 0 Å². The van der Waals surface area contributed by atoms with Gasteiger partial charge in [0, 0.05) is 30.2 Å². The zero-order valence-electron chi connectivity index (χ0n) is 18.1. The maximum absolute atomic E-state index is 13.9. The van der Waals surface area contributed by atoms with Crippen LogP contribution >= 0.6 is 11.6 Å². The van der Waals surface area contributed by atoms with Crippen molar-refractivity contribution in [1.82, 2.24) is 9.80 Å². The zero-order valence-corrected chi connectivity index (χ0v) is 18.8. The smallest absolute Gasteiger partial charge is 0.307 e. The second-order valence-electron chi connectivity index (χ2n) is 7.87. The molecule has 0 radical (unpaired) electrons. The van der Waals surface area contributed by atoms with E-state index >= 15 is 0 Å². The second kappa shape index (κ2) is 8.64. The zero-order chi connectivity index (χ0) is 23.8. The minimum Gasteiger partial charge on any atom is -0.307 e. The number of rotatable bonds is 6. The van der Waals surface area contributed by atoms with Crippen LogP contribution in [0.25, 0.3) is 0 Å². The summed E-state index contributed by atoms with van der Waals surface area (Å²) in [6.07, 6.45) is 0. The highest BCUT2D eigenvalue weighted by atomic mass is 35.5. The summed E-state index contributed by atoms with van der Waals surface area (Å²) in [7, 11) is 2.78. The number of hydrogen-bond donors (Lipinski definition) is 0. The molecule has 4 rings (SSSR count). The van der Waals surface area contributed by atoms with Crippen LogP contribution in [0.5, 0.6) is 0 Å². The Kier molecular flexibility index (Phi) is 5.87. The van der Waals surface area contributed by atoms with Gasteiger partial charge in [-0.2, -0.15) is 0 Å².